The normalized spacial score (nSPS) is 16.2. The molecule has 0 amide bonds. The van der Waals surface area contributed by atoms with Crippen molar-refractivity contribution in [1.29, 1.82) is 5.26 Å². The maximum Gasteiger partial charge on any atom is 0.417 e. The van der Waals surface area contributed by atoms with Crippen LogP contribution in [0.3, 0.4) is 0 Å². The Labute approximate surface area is 204 Å². The molecule has 1 aliphatic rings. The summed E-state index contributed by atoms with van der Waals surface area (Å²) < 4.78 is 39.7. The standard InChI is InChI=1S/C24H22F3N9/c1-14-13-36(5-4-29-14)20-3-2-15(8-30-20)9-33-23-34-10-16(7-28)21(35-23)19-12-32-22-18(19)6-17(11-31-22)24(25,26)27/h2-3,6,8,10-12,14,29H,4-5,9,13H2,1H3,(H,31,32)(H,33,34,35)/t14-/m1/s1. The minimum absolute atomic E-state index is 0.134. The molecule has 4 aromatic heterocycles. The molecule has 12 heteroatoms. The van der Waals surface area contributed by atoms with Crippen LogP contribution in [-0.4, -0.2) is 50.6 Å². The zero-order valence-corrected chi connectivity index (χ0v) is 19.3. The molecule has 4 aromatic rings. The topological polar surface area (TPSA) is 118 Å². The number of hydrogen-bond acceptors (Lipinski definition) is 8. The highest BCUT2D eigenvalue weighted by atomic mass is 19.4. The smallest absolute Gasteiger partial charge is 0.354 e. The van der Waals surface area contributed by atoms with E-state index >= 15 is 0 Å². The number of alkyl halides is 3. The van der Waals surface area contributed by atoms with Gasteiger partial charge >= 0.3 is 6.18 Å². The van der Waals surface area contributed by atoms with Crippen molar-refractivity contribution >= 4 is 22.8 Å². The number of hydrogen-bond donors (Lipinski definition) is 3. The Morgan fingerprint density at radius 2 is 2.06 bits per heavy atom. The van der Waals surface area contributed by atoms with E-state index in [0.717, 1.165) is 43.3 Å². The average Bonchev–Trinajstić information content (AvgIpc) is 3.30. The molecule has 5 rings (SSSR count). The van der Waals surface area contributed by atoms with Crippen LogP contribution >= 0.6 is 0 Å². The Kier molecular flexibility index (Phi) is 6.15. The zero-order chi connectivity index (χ0) is 25.3. The second-order valence-electron chi connectivity index (χ2n) is 8.57. The molecule has 0 aromatic carbocycles. The van der Waals surface area contributed by atoms with Crippen LogP contribution in [0.4, 0.5) is 24.9 Å². The molecule has 0 aliphatic carbocycles. The van der Waals surface area contributed by atoms with Gasteiger partial charge in [-0.3, -0.25) is 0 Å². The number of nitriles is 1. The highest BCUT2D eigenvalue weighted by molar-refractivity contribution is 5.94. The lowest BCUT2D eigenvalue weighted by Gasteiger charge is -2.32. The van der Waals surface area contributed by atoms with E-state index in [9.17, 15) is 18.4 Å². The minimum atomic E-state index is -4.54. The van der Waals surface area contributed by atoms with Gasteiger partial charge in [-0.15, -0.1) is 0 Å². The van der Waals surface area contributed by atoms with E-state index < -0.39 is 11.7 Å². The Balaban J connectivity index is 1.37. The van der Waals surface area contributed by atoms with E-state index in [1.165, 1.54) is 12.4 Å². The molecule has 1 fully saturated rings. The highest BCUT2D eigenvalue weighted by Crippen LogP contribution is 2.34. The van der Waals surface area contributed by atoms with Crippen molar-refractivity contribution in [3.8, 4) is 17.3 Å². The second kappa shape index (κ2) is 9.43. The van der Waals surface area contributed by atoms with Gasteiger partial charge in [0.2, 0.25) is 5.95 Å². The third-order valence-electron chi connectivity index (χ3n) is 5.98. The monoisotopic (exact) mass is 493 g/mol. The summed E-state index contributed by atoms with van der Waals surface area (Å²) >= 11 is 0. The Bertz CT molecular complexity index is 1420. The van der Waals surface area contributed by atoms with Gasteiger partial charge in [0.05, 0.1) is 23.0 Å². The molecule has 0 unspecified atom stereocenters. The van der Waals surface area contributed by atoms with Crippen LogP contribution in [0.15, 0.2) is 43.0 Å². The SMILES string of the molecule is C[C@@H]1CN(c2ccc(CNc3ncc(C#N)c(-c4c[nH]c5ncc(C(F)(F)F)cc45)n3)cn2)CCN1. The predicted octanol–water partition coefficient (Wildman–Crippen LogP) is 3.72. The van der Waals surface area contributed by atoms with Gasteiger partial charge in [-0.05, 0) is 24.6 Å². The quantitative estimate of drug-likeness (QED) is 0.385. The first-order valence-corrected chi connectivity index (χ1v) is 11.3. The number of nitrogens with zero attached hydrogens (tertiary/aromatic N) is 6. The van der Waals surface area contributed by atoms with Gasteiger partial charge in [0, 0.05) is 61.8 Å². The number of nitrogens with one attached hydrogen (secondary N) is 3. The summed E-state index contributed by atoms with van der Waals surface area (Å²) in [6.07, 6.45) is 0.840. The molecule has 0 spiro atoms. The summed E-state index contributed by atoms with van der Waals surface area (Å²) in [7, 11) is 0. The van der Waals surface area contributed by atoms with Crippen molar-refractivity contribution in [3.05, 3.63) is 59.7 Å². The number of pyridine rings is 2. The van der Waals surface area contributed by atoms with Crippen molar-refractivity contribution in [2.75, 3.05) is 29.9 Å². The van der Waals surface area contributed by atoms with E-state index in [4.69, 9.17) is 0 Å². The van der Waals surface area contributed by atoms with Gasteiger partial charge in [-0.25, -0.2) is 19.9 Å². The fraction of sp³-hybridized carbons (Fsp3) is 0.292. The van der Waals surface area contributed by atoms with Gasteiger partial charge in [-0.2, -0.15) is 18.4 Å². The number of aromatic nitrogens is 5. The third-order valence-corrected chi connectivity index (χ3v) is 5.98. The number of anilines is 2. The molecule has 36 heavy (non-hydrogen) atoms. The molecule has 1 aliphatic heterocycles. The lowest BCUT2D eigenvalue weighted by Crippen LogP contribution is -2.49. The van der Waals surface area contributed by atoms with Gasteiger partial charge < -0.3 is 20.5 Å². The molecule has 184 valence electrons. The van der Waals surface area contributed by atoms with Crippen molar-refractivity contribution in [3.63, 3.8) is 0 Å². The van der Waals surface area contributed by atoms with Crippen LogP contribution in [0.2, 0.25) is 0 Å². The van der Waals surface area contributed by atoms with Gasteiger partial charge in [0.1, 0.15) is 17.5 Å². The molecular weight excluding hydrogens is 471 g/mol. The van der Waals surface area contributed by atoms with E-state index in [1.54, 1.807) is 6.20 Å². The van der Waals surface area contributed by atoms with Crippen molar-refractivity contribution < 1.29 is 13.2 Å². The van der Waals surface area contributed by atoms with E-state index in [1.807, 2.05) is 18.2 Å². The molecule has 5 heterocycles. The van der Waals surface area contributed by atoms with Crippen LogP contribution < -0.4 is 15.5 Å². The van der Waals surface area contributed by atoms with Crippen molar-refractivity contribution in [2.45, 2.75) is 25.7 Å². The number of piperazine rings is 1. The highest BCUT2D eigenvalue weighted by Gasteiger charge is 2.31. The first-order chi connectivity index (χ1) is 17.3. The number of aromatic amines is 1. The van der Waals surface area contributed by atoms with Crippen LogP contribution in [-0.2, 0) is 12.7 Å². The first-order valence-electron chi connectivity index (χ1n) is 11.3. The summed E-state index contributed by atoms with van der Waals surface area (Å²) in [5.41, 5.74) is 0.969. The van der Waals surface area contributed by atoms with Crippen molar-refractivity contribution in [1.82, 2.24) is 30.2 Å². The molecule has 1 saturated heterocycles. The lowest BCUT2D eigenvalue weighted by atomic mass is 10.1. The summed E-state index contributed by atoms with van der Waals surface area (Å²) in [5.74, 6) is 1.15. The van der Waals surface area contributed by atoms with Crippen molar-refractivity contribution in [2.24, 2.45) is 0 Å². The number of halogens is 3. The number of H-pyrrole nitrogens is 1. The van der Waals surface area contributed by atoms with Crippen LogP contribution in [0.25, 0.3) is 22.3 Å². The zero-order valence-electron chi connectivity index (χ0n) is 19.3. The maximum absolute atomic E-state index is 13.2. The molecule has 1 atom stereocenters. The molecule has 0 bridgehead atoms. The summed E-state index contributed by atoms with van der Waals surface area (Å²) in [6.45, 7) is 5.21. The lowest BCUT2D eigenvalue weighted by molar-refractivity contribution is -0.137. The van der Waals surface area contributed by atoms with Crippen LogP contribution in [0.5, 0.6) is 0 Å². The summed E-state index contributed by atoms with van der Waals surface area (Å²) in [4.78, 5) is 22.1. The predicted molar refractivity (Wildman–Crippen MR) is 128 cm³/mol. The molecule has 0 radical (unpaired) electrons. The molecule has 3 N–H and O–H groups in total. The largest absolute Gasteiger partial charge is 0.417 e. The fourth-order valence-corrected chi connectivity index (χ4v) is 4.14. The summed E-state index contributed by atoms with van der Waals surface area (Å²) in [5, 5.41) is 16.3. The Morgan fingerprint density at radius 3 is 2.78 bits per heavy atom. The van der Waals surface area contributed by atoms with E-state index in [-0.39, 0.29) is 28.2 Å². The Hall–Kier alpha value is -4.24. The Morgan fingerprint density at radius 1 is 1.19 bits per heavy atom. The molecular formula is C24H22F3N9. The summed E-state index contributed by atoms with van der Waals surface area (Å²) in [6, 6.07) is 7.34. The average molecular weight is 493 g/mol. The van der Waals surface area contributed by atoms with Gasteiger partial charge in [-0.1, -0.05) is 6.07 Å². The maximum atomic E-state index is 13.2. The number of rotatable bonds is 5. The van der Waals surface area contributed by atoms with Gasteiger partial charge in [0.25, 0.3) is 0 Å². The van der Waals surface area contributed by atoms with Crippen LogP contribution in [0, 0.1) is 11.3 Å². The van der Waals surface area contributed by atoms with Gasteiger partial charge in [0.15, 0.2) is 0 Å². The minimum Gasteiger partial charge on any atom is -0.354 e. The third kappa shape index (κ3) is 4.78. The first kappa shape index (κ1) is 23.5. The second-order valence-corrected chi connectivity index (χ2v) is 8.57. The molecule has 9 nitrogen and oxygen atoms in total. The number of fused-ring (bicyclic) bond motifs is 1. The fourth-order valence-electron chi connectivity index (χ4n) is 4.14. The van der Waals surface area contributed by atoms with E-state index in [2.05, 4.69) is 47.4 Å². The van der Waals surface area contributed by atoms with E-state index in [0.29, 0.717) is 18.2 Å². The van der Waals surface area contributed by atoms with Crippen LogP contribution in [0.1, 0.15) is 23.6 Å². The molecule has 0 saturated carbocycles.